The second kappa shape index (κ2) is 6.23. The zero-order chi connectivity index (χ0) is 15.5. The maximum Gasteiger partial charge on any atom is 0.358 e. The standard InChI is InChI=1S/C17H21N5/c1-13-16(18-10-6-11-21(2)3)19-17-15-8-5-4-7-14(15)9-12-22(17)20-13/h4-5,7-9,12H,6,10-11H2,1-3H3/p+1. The average Bonchev–Trinajstić information content (AvgIpc) is 2.51. The van der Waals surface area contributed by atoms with Crippen LogP contribution in [-0.4, -0.2) is 42.2 Å². The van der Waals surface area contributed by atoms with Crippen molar-refractivity contribution in [1.82, 2.24) is 15.0 Å². The van der Waals surface area contributed by atoms with Gasteiger partial charge in [-0.05, 0) is 56.5 Å². The lowest BCUT2D eigenvalue weighted by molar-refractivity contribution is -0.582. The Labute approximate surface area is 130 Å². The molecule has 2 heterocycles. The summed E-state index contributed by atoms with van der Waals surface area (Å²) in [6.45, 7) is 3.95. The van der Waals surface area contributed by atoms with E-state index in [4.69, 9.17) is 4.98 Å². The number of aryl methyl sites for hydroxylation is 1. The molecule has 0 aliphatic carbocycles. The molecule has 0 fully saturated rings. The number of pyridine rings is 1. The molecule has 0 radical (unpaired) electrons. The van der Waals surface area contributed by atoms with Crippen LogP contribution in [0.25, 0.3) is 16.4 Å². The molecule has 0 bridgehead atoms. The molecule has 3 aromatic rings. The Morgan fingerprint density at radius 1 is 1.18 bits per heavy atom. The molecule has 0 aliphatic rings. The van der Waals surface area contributed by atoms with Crippen molar-refractivity contribution >= 4 is 22.2 Å². The highest BCUT2D eigenvalue weighted by Crippen LogP contribution is 2.17. The lowest BCUT2D eigenvalue weighted by Gasteiger charge is -2.09. The molecule has 5 nitrogen and oxygen atoms in total. The van der Waals surface area contributed by atoms with Crippen molar-refractivity contribution in [3.05, 3.63) is 42.2 Å². The molecular formula is C17H22N5+. The minimum Gasteiger partial charge on any atom is -0.348 e. The Bertz CT molecular complexity index is 798. The van der Waals surface area contributed by atoms with E-state index in [2.05, 4.69) is 47.6 Å². The molecule has 22 heavy (non-hydrogen) atoms. The van der Waals surface area contributed by atoms with E-state index < -0.39 is 0 Å². The number of anilines is 1. The summed E-state index contributed by atoms with van der Waals surface area (Å²) in [6, 6.07) is 10.3. The molecule has 0 amide bonds. The molecule has 0 saturated heterocycles. The van der Waals surface area contributed by atoms with Crippen LogP contribution < -0.4 is 9.83 Å². The Morgan fingerprint density at radius 2 is 2.00 bits per heavy atom. The quantitative estimate of drug-likeness (QED) is 0.444. The predicted octanol–water partition coefficient (Wildman–Crippen LogP) is 2.04. The number of hydrogen-bond donors (Lipinski definition) is 1. The summed E-state index contributed by atoms with van der Waals surface area (Å²) in [5.41, 5.74) is 1.80. The molecule has 3 rings (SSSR count). The fourth-order valence-electron chi connectivity index (χ4n) is 2.55. The Morgan fingerprint density at radius 3 is 2.82 bits per heavy atom. The normalized spacial score (nSPS) is 11.5. The Kier molecular flexibility index (Phi) is 4.15. The molecular weight excluding hydrogens is 274 g/mol. The number of nitrogens with zero attached hydrogens (tertiary/aromatic N) is 4. The summed E-state index contributed by atoms with van der Waals surface area (Å²) in [5.74, 6) is 0.870. The Balaban J connectivity index is 1.93. The molecule has 5 heteroatoms. The zero-order valence-electron chi connectivity index (χ0n) is 13.4. The van der Waals surface area contributed by atoms with E-state index in [0.29, 0.717) is 0 Å². The number of nitrogens with one attached hydrogen (secondary N) is 1. The van der Waals surface area contributed by atoms with Gasteiger partial charge in [0.1, 0.15) is 11.9 Å². The third kappa shape index (κ3) is 2.99. The number of fused-ring (bicyclic) bond motifs is 3. The van der Waals surface area contributed by atoms with Crippen LogP contribution >= 0.6 is 0 Å². The Hall–Kier alpha value is -2.27. The van der Waals surface area contributed by atoms with Crippen LogP contribution in [0.2, 0.25) is 0 Å². The summed E-state index contributed by atoms with van der Waals surface area (Å²) in [4.78, 5) is 6.98. The third-order valence-corrected chi connectivity index (χ3v) is 3.71. The van der Waals surface area contributed by atoms with Gasteiger partial charge in [0.2, 0.25) is 0 Å². The van der Waals surface area contributed by atoms with Gasteiger partial charge in [-0.3, -0.25) is 0 Å². The van der Waals surface area contributed by atoms with Gasteiger partial charge in [-0.25, -0.2) is 0 Å². The number of aromatic nitrogens is 3. The highest BCUT2D eigenvalue weighted by molar-refractivity contribution is 5.91. The van der Waals surface area contributed by atoms with Crippen molar-refractivity contribution in [3.63, 3.8) is 0 Å². The van der Waals surface area contributed by atoms with Crippen LogP contribution in [0, 0.1) is 6.92 Å². The number of rotatable bonds is 5. The van der Waals surface area contributed by atoms with E-state index in [1.165, 1.54) is 5.39 Å². The van der Waals surface area contributed by atoms with Gasteiger partial charge in [-0.15, -0.1) is 4.52 Å². The van der Waals surface area contributed by atoms with Crippen LogP contribution in [-0.2, 0) is 0 Å². The largest absolute Gasteiger partial charge is 0.358 e. The lowest BCUT2D eigenvalue weighted by atomic mass is 10.2. The van der Waals surface area contributed by atoms with Crippen LogP contribution in [0.5, 0.6) is 0 Å². The van der Waals surface area contributed by atoms with Crippen molar-refractivity contribution in [2.24, 2.45) is 0 Å². The fraction of sp³-hybridized carbons (Fsp3) is 0.353. The van der Waals surface area contributed by atoms with Crippen molar-refractivity contribution in [2.45, 2.75) is 13.3 Å². The molecule has 0 unspecified atom stereocenters. The van der Waals surface area contributed by atoms with E-state index in [0.717, 1.165) is 42.1 Å². The monoisotopic (exact) mass is 296 g/mol. The minimum atomic E-state index is 0.870. The second-order valence-corrected chi connectivity index (χ2v) is 5.80. The van der Waals surface area contributed by atoms with Crippen molar-refractivity contribution < 1.29 is 4.52 Å². The van der Waals surface area contributed by atoms with Crippen LogP contribution in [0.3, 0.4) is 0 Å². The zero-order valence-corrected chi connectivity index (χ0v) is 13.4. The van der Waals surface area contributed by atoms with Gasteiger partial charge < -0.3 is 10.2 Å². The van der Waals surface area contributed by atoms with E-state index >= 15 is 0 Å². The van der Waals surface area contributed by atoms with Gasteiger partial charge in [-0.2, -0.15) is 0 Å². The van der Waals surface area contributed by atoms with E-state index in [1.807, 2.05) is 29.8 Å². The topological polar surface area (TPSA) is 45.2 Å². The number of hydrogen-bond acceptors (Lipinski definition) is 4. The summed E-state index contributed by atoms with van der Waals surface area (Å²) in [5, 5.41) is 10.3. The van der Waals surface area contributed by atoms with E-state index in [9.17, 15) is 0 Å². The highest BCUT2D eigenvalue weighted by Gasteiger charge is 2.16. The van der Waals surface area contributed by atoms with Gasteiger partial charge in [0.15, 0.2) is 0 Å². The molecule has 114 valence electrons. The molecule has 0 aliphatic heterocycles. The predicted molar refractivity (Wildman–Crippen MR) is 89.1 cm³/mol. The summed E-state index contributed by atoms with van der Waals surface area (Å²) >= 11 is 0. The summed E-state index contributed by atoms with van der Waals surface area (Å²) in [6.07, 6.45) is 3.04. The van der Waals surface area contributed by atoms with Crippen molar-refractivity contribution in [1.29, 1.82) is 0 Å². The van der Waals surface area contributed by atoms with Gasteiger partial charge in [0.05, 0.1) is 5.39 Å². The first-order valence-corrected chi connectivity index (χ1v) is 7.62. The first-order chi connectivity index (χ1) is 10.6. The van der Waals surface area contributed by atoms with Gasteiger partial charge in [0.25, 0.3) is 5.82 Å². The lowest BCUT2D eigenvalue weighted by Crippen LogP contribution is -2.29. The molecule has 1 aromatic carbocycles. The van der Waals surface area contributed by atoms with Crippen LogP contribution in [0.1, 0.15) is 12.1 Å². The van der Waals surface area contributed by atoms with Crippen LogP contribution in [0.4, 0.5) is 5.82 Å². The molecule has 1 N–H and O–H groups in total. The van der Waals surface area contributed by atoms with Gasteiger partial charge in [0, 0.05) is 6.54 Å². The first-order valence-electron chi connectivity index (χ1n) is 7.62. The number of benzene rings is 1. The molecule has 0 spiro atoms. The first kappa shape index (κ1) is 14.7. The van der Waals surface area contributed by atoms with Gasteiger partial charge in [-0.1, -0.05) is 23.3 Å². The minimum absolute atomic E-state index is 0.870. The maximum absolute atomic E-state index is 4.80. The average molecular weight is 296 g/mol. The van der Waals surface area contributed by atoms with Gasteiger partial charge >= 0.3 is 5.65 Å². The molecule has 0 saturated carbocycles. The molecule has 2 aromatic heterocycles. The SMILES string of the molecule is Cc1n[n+]2ccc3ccccc3c2nc1NCCCN(C)C. The van der Waals surface area contributed by atoms with Crippen molar-refractivity contribution in [2.75, 3.05) is 32.5 Å². The maximum atomic E-state index is 4.80. The second-order valence-electron chi connectivity index (χ2n) is 5.80. The van der Waals surface area contributed by atoms with Crippen molar-refractivity contribution in [3.8, 4) is 0 Å². The fourth-order valence-corrected chi connectivity index (χ4v) is 2.55. The summed E-state index contributed by atoms with van der Waals surface area (Å²) in [7, 11) is 4.17. The van der Waals surface area contributed by atoms with Crippen LogP contribution in [0.15, 0.2) is 36.5 Å². The van der Waals surface area contributed by atoms with E-state index in [-0.39, 0.29) is 0 Å². The third-order valence-electron chi connectivity index (χ3n) is 3.71. The van der Waals surface area contributed by atoms with E-state index in [1.54, 1.807) is 0 Å². The smallest absolute Gasteiger partial charge is 0.348 e. The summed E-state index contributed by atoms with van der Waals surface area (Å²) < 4.78 is 1.85. The highest BCUT2D eigenvalue weighted by atomic mass is 15.3. The molecule has 0 atom stereocenters.